The van der Waals surface area contributed by atoms with E-state index in [9.17, 15) is 0 Å². The van der Waals surface area contributed by atoms with E-state index in [-0.39, 0.29) is 0 Å². The summed E-state index contributed by atoms with van der Waals surface area (Å²) in [5, 5.41) is 5.77. The number of aryl methyl sites for hydroxylation is 1. The molecule has 1 aromatic heterocycles. The molecule has 0 spiro atoms. The second-order valence-electron chi connectivity index (χ2n) is 4.52. The van der Waals surface area contributed by atoms with Crippen molar-refractivity contribution in [2.24, 2.45) is 0 Å². The Balaban J connectivity index is 1.98. The van der Waals surface area contributed by atoms with Crippen molar-refractivity contribution in [3.63, 3.8) is 0 Å². The van der Waals surface area contributed by atoms with Crippen LogP contribution in [0.2, 0.25) is 0 Å². The molecular formula is C16H21NS. The predicted molar refractivity (Wildman–Crippen MR) is 80.0 cm³/mol. The van der Waals surface area contributed by atoms with E-state index in [2.05, 4.69) is 60.9 Å². The van der Waals surface area contributed by atoms with E-state index in [0.29, 0.717) is 6.04 Å². The fraction of sp³-hybridized carbons (Fsp3) is 0.375. The van der Waals surface area contributed by atoms with Gasteiger partial charge in [-0.3, -0.25) is 0 Å². The lowest BCUT2D eigenvalue weighted by Crippen LogP contribution is -2.19. The number of hydrogen-bond acceptors (Lipinski definition) is 2. The number of nitrogens with one attached hydrogen (secondary N) is 1. The molecule has 0 amide bonds. The van der Waals surface area contributed by atoms with Crippen molar-refractivity contribution in [1.29, 1.82) is 0 Å². The van der Waals surface area contributed by atoms with E-state index in [1.807, 2.05) is 11.3 Å². The van der Waals surface area contributed by atoms with Gasteiger partial charge in [-0.05, 0) is 35.4 Å². The van der Waals surface area contributed by atoms with Crippen LogP contribution < -0.4 is 5.32 Å². The maximum Gasteiger partial charge on any atom is 0.0320 e. The van der Waals surface area contributed by atoms with Crippen molar-refractivity contribution in [3.05, 3.63) is 57.8 Å². The van der Waals surface area contributed by atoms with Gasteiger partial charge < -0.3 is 5.32 Å². The summed E-state index contributed by atoms with van der Waals surface area (Å²) < 4.78 is 0. The second-order valence-corrected chi connectivity index (χ2v) is 5.55. The SMILES string of the molecule is CCc1ccc(C(CC)NCc2cccs2)cc1. The fourth-order valence-electron chi connectivity index (χ4n) is 2.12. The first-order chi connectivity index (χ1) is 8.83. The Morgan fingerprint density at radius 3 is 2.44 bits per heavy atom. The molecule has 1 heterocycles. The van der Waals surface area contributed by atoms with Crippen LogP contribution in [0.3, 0.4) is 0 Å². The first-order valence-electron chi connectivity index (χ1n) is 6.68. The highest BCUT2D eigenvalue weighted by atomic mass is 32.1. The van der Waals surface area contributed by atoms with Crippen LogP contribution in [0.5, 0.6) is 0 Å². The summed E-state index contributed by atoms with van der Waals surface area (Å²) >= 11 is 1.81. The third-order valence-corrected chi connectivity index (χ3v) is 4.18. The molecule has 0 fully saturated rings. The quantitative estimate of drug-likeness (QED) is 0.802. The number of thiophene rings is 1. The van der Waals surface area contributed by atoms with Crippen molar-refractivity contribution < 1.29 is 0 Å². The largest absolute Gasteiger partial charge is 0.305 e. The molecule has 0 radical (unpaired) electrons. The third-order valence-electron chi connectivity index (χ3n) is 3.30. The summed E-state index contributed by atoms with van der Waals surface area (Å²) in [6.07, 6.45) is 2.23. The molecule has 2 aromatic rings. The Morgan fingerprint density at radius 2 is 1.89 bits per heavy atom. The van der Waals surface area contributed by atoms with E-state index in [0.717, 1.165) is 19.4 Å². The second kappa shape index (κ2) is 6.72. The molecule has 0 aliphatic rings. The monoisotopic (exact) mass is 259 g/mol. The highest BCUT2D eigenvalue weighted by Crippen LogP contribution is 2.19. The topological polar surface area (TPSA) is 12.0 Å². The van der Waals surface area contributed by atoms with Gasteiger partial charge in [-0.1, -0.05) is 44.2 Å². The molecule has 1 atom stereocenters. The van der Waals surface area contributed by atoms with Crippen LogP contribution in [0.15, 0.2) is 41.8 Å². The molecule has 2 heteroatoms. The van der Waals surface area contributed by atoms with Gasteiger partial charge in [0.2, 0.25) is 0 Å². The summed E-state index contributed by atoms with van der Waals surface area (Å²) in [5.74, 6) is 0. The fourth-order valence-corrected chi connectivity index (χ4v) is 2.78. The Morgan fingerprint density at radius 1 is 1.11 bits per heavy atom. The van der Waals surface area contributed by atoms with Crippen LogP contribution >= 0.6 is 11.3 Å². The normalized spacial score (nSPS) is 12.6. The van der Waals surface area contributed by atoms with Crippen LogP contribution in [0.25, 0.3) is 0 Å². The zero-order chi connectivity index (χ0) is 12.8. The maximum absolute atomic E-state index is 3.64. The molecule has 0 bridgehead atoms. The Bertz CT molecular complexity index is 444. The van der Waals surface area contributed by atoms with Crippen molar-refractivity contribution in [3.8, 4) is 0 Å². The van der Waals surface area contributed by atoms with Crippen LogP contribution in [0.1, 0.15) is 42.3 Å². The van der Waals surface area contributed by atoms with Crippen LogP contribution in [0.4, 0.5) is 0 Å². The van der Waals surface area contributed by atoms with E-state index in [4.69, 9.17) is 0 Å². The van der Waals surface area contributed by atoms with Gasteiger partial charge >= 0.3 is 0 Å². The lowest BCUT2D eigenvalue weighted by Gasteiger charge is -2.17. The molecule has 18 heavy (non-hydrogen) atoms. The first-order valence-corrected chi connectivity index (χ1v) is 7.56. The van der Waals surface area contributed by atoms with E-state index in [1.165, 1.54) is 16.0 Å². The van der Waals surface area contributed by atoms with Crippen molar-refractivity contribution in [1.82, 2.24) is 5.32 Å². The molecule has 0 saturated carbocycles. The standard InChI is InChI=1S/C16H21NS/c1-3-13-7-9-14(10-8-13)16(4-2)17-12-15-6-5-11-18-15/h5-11,16-17H,3-4,12H2,1-2H3. The predicted octanol–water partition coefficient (Wildman–Crippen LogP) is 4.55. The van der Waals surface area contributed by atoms with Gasteiger partial charge in [-0.2, -0.15) is 0 Å². The van der Waals surface area contributed by atoms with Gasteiger partial charge in [-0.15, -0.1) is 11.3 Å². The Labute approximate surface area is 114 Å². The molecular weight excluding hydrogens is 238 g/mol. The molecule has 1 nitrogen and oxygen atoms in total. The molecule has 0 aliphatic heterocycles. The highest BCUT2D eigenvalue weighted by Gasteiger charge is 2.08. The average Bonchev–Trinajstić information content (AvgIpc) is 2.93. The lowest BCUT2D eigenvalue weighted by molar-refractivity contribution is 0.522. The van der Waals surface area contributed by atoms with Crippen LogP contribution in [-0.2, 0) is 13.0 Å². The van der Waals surface area contributed by atoms with Gasteiger partial charge in [-0.25, -0.2) is 0 Å². The summed E-state index contributed by atoms with van der Waals surface area (Å²) in [4.78, 5) is 1.40. The zero-order valence-corrected chi connectivity index (χ0v) is 12.0. The Kier molecular flexibility index (Phi) is 4.97. The van der Waals surface area contributed by atoms with Crippen molar-refractivity contribution >= 4 is 11.3 Å². The summed E-state index contributed by atoms with van der Waals surface area (Å²) in [6.45, 7) is 5.40. The van der Waals surface area contributed by atoms with Gasteiger partial charge in [0.1, 0.15) is 0 Å². The van der Waals surface area contributed by atoms with E-state index in [1.54, 1.807) is 0 Å². The Hall–Kier alpha value is -1.12. The lowest BCUT2D eigenvalue weighted by atomic mass is 10.0. The highest BCUT2D eigenvalue weighted by molar-refractivity contribution is 7.09. The summed E-state index contributed by atoms with van der Waals surface area (Å²) in [6, 6.07) is 13.7. The van der Waals surface area contributed by atoms with Gasteiger partial charge in [0.15, 0.2) is 0 Å². The zero-order valence-electron chi connectivity index (χ0n) is 11.1. The molecule has 2 rings (SSSR count). The molecule has 96 valence electrons. The van der Waals surface area contributed by atoms with Gasteiger partial charge in [0.25, 0.3) is 0 Å². The number of rotatable bonds is 6. The van der Waals surface area contributed by atoms with Gasteiger partial charge in [0, 0.05) is 17.5 Å². The van der Waals surface area contributed by atoms with Gasteiger partial charge in [0.05, 0.1) is 0 Å². The van der Waals surface area contributed by atoms with Crippen molar-refractivity contribution in [2.45, 2.75) is 39.3 Å². The maximum atomic E-state index is 3.64. The molecule has 1 unspecified atom stereocenters. The minimum absolute atomic E-state index is 0.456. The van der Waals surface area contributed by atoms with E-state index >= 15 is 0 Å². The third kappa shape index (κ3) is 3.44. The number of hydrogen-bond donors (Lipinski definition) is 1. The molecule has 0 saturated heterocycles. The molecule has 0 aliphatic carbocycles. The summed E-state index contributed by atoms with van der Waals surface area (Å²) in [5.41, 5.74) is 2.80. The molecule has 1 aromatic carbocycles. The minimum atomic E-state index is 0.456. The smallest absolute Gasteiger partial charge is 0.0320 e. The average molecular weight is 259 g/mol. The number of benzene rings is 1. The minimum Gasteiger partial charge on any atom is -0.305 e. The van der Waals surface area contributed by atoms with Crippen LogP contribution in [0, 0.1) is 0 Å². The van der Waals surface area contributed by atoms with E-state index < -0.39 is 0 Å². The molecule has 1 N–H and O–H groups in total. The first kappa shape index (κ1) is 13.3. The van der Waals surface area contributed by atoms with Crippen molar-refractivity contribution in [2.75, 3.05) is 0 Å². The summed E-state index contributed by atoms with van der Waals surface area (Å²) in [7, 11) is 0. The van der Waals surface area contributed by atoms with Crippen LogP contribution in [-0.4, -0.2) is 0 Å².